The van der Waals surface area contributed by atoms with Crippen molar-refractivity contribution in [3.05, 3.63) is 35.4 Å². The molecule has 0 bridgehead atoms. The van der Waals surface area contributed by atoms with Crippen molar-refractivity contribution >= 4 is 23.6 Å². The number of esters is 1. The third-order valence-corrected chi connectivity index (χ3v) is 7.46. The van der Waals surface area contributed by atoms with Gasteiger partial charge in [-0.2, -0.15) is 0 Å². The van der Waals surface area contributed by atoms with Crippen molar-refractivity contribution < 1.29 is 19.1 Å². The smallest absolute Gasteiger partial charge is 0.306 e. The van der Waals surface area contributed by atoms with Gasteiger partial charge < -0.3 is 20.7 Å². The molecule has 1 saturated heterocycles. The van der Waals surface area contributed by atoms with Gasteiger partial charge in [-0.3, -0.25) is 19.8 Å². The number of rotatable bonds is 11. The number of unbranched alkanes of at least 4 members (excludes halogenated alkanes) is 2. The largest absolute Gasteiger partial charge is 0.456 e. The average molecular weight is 485 g/mol. The number of nitrogen functional groups attached to an aromatic ring is 1. The molecule has 1 atom stereocenters. The number of hydrogen-bond donors (Lipinski definition) is 3. The lowest BCUT2D eigenvalue weighted by atomic mass is 9.72. The van der Waals surface area contributed by atoms with Crippen LogP contribution in [0.15, 0.2) is 24.3 Å². The zero-order chi connectivity index (χ0) is 25.3. The fraction of sp³-hybridized carbons (Fsp3) is 0.630. The lowest BCUT2D eigenvalue weighted by Crippen LogP contribution is -2.62. The first kappa shape index (κ1) is 26.7. The van der Waals surface area contributed by atoms with Crippen LogP contribution in [0.3, 0.4) is 0 Å². The first-order valence-electron chi connectivity index (χ1n) is 13.1. The molecule has 1 aromatic carbocycles. The maximum atomic E-state index is 13.8. The fourth-order valence-corrected chi connectivity index (χ4v) is 5.56. The minimum Gasteiger partial charge on any atom is -0.456 e. The van der Waals surface area contributed by atoms with Gasteiger partial charge >= 0.3 is 5.97 Å². The van der Waals surface area contributed by atoms with E-state index in [0.29, 0.717) is 31.5 Å². The SMILES string of the molecule is CCCCCC(=O)OCC(=O)N1CCC[C@]1(C(=O)NCc1ccc(C(=N)N)cc1)C1CCCCC1. The second-order valence-corrected chi connectivity index (χ2v) is 9.82. The van der Waals surface area contributed by atoms with Gasteiger partial charge in [-0.05, 0) is 43.6 Å². The van der Waals surface area contributed by atoms with Crippen LogP contribution in [0.2, 0.25) is 0 Å². The second kappa shape index (κ2) is 12.7. The fourth-order valence-electron chi connectivity index (χ4n) is 5.56. The zero-order valence-corrected chi connectivity index (χ0v) is 20.9. The molecule has 8 heteroatoms. The van der Waals surface area contributed by atoms with Crippen LogP contribution in [0.5, 0.6) is 0 Å². The van der Waals surface area contributed by atoms with Crippen molar-refractivity contribution in [2.45, 2.75) is 89.6 Å². The number of nitrogens with one attached hydrogen (secondary N) is 2. The molecule has 0 radical (unpaired) electrons. The molecule has 0 aromatic heterocycles. The van der Waals surface area contributed by atoms with Crippen molar-refractivity contribution in [1.82, 2.24) is 10.2 Å². The quantitative estimate of drug-likeness (QED) is 0.191. The summed E-state index contributed by atoms with van der Waals surface area (Å²) < 4.78 is 5.29. The summed E-state index contributed by atoms with van der Waals surface area (Å²) in [4.78, 5) is 40.8. The summed E-state index contributed by atoms with van der Waals surface area (Å²) in [6.07, 6.45) is 9.53. The molecule has 0 unspecified atom stereocenters. The number of amides is 2. The number of hydrogen-bond acceptors (Lipinski definition) is 5. The molecule has 3 rings (SSSR count). The Bertz CT molecular complexity index is 895. The standard InChI is InChI=1S/C27H40N4O4/c1-2-3-5-11-24(33)35-19-23(32)31-17-8-16-27(31,22-9-6-4-7-10-22)26(34)30-18-20-12-14-21(15-13-20)25(28)29/h12-15,22H,2-11,16-19H2,1H3,(H3,28,29)(H,30,34)/t27-/m1/s1. The van der Waals surface area contributed by atoms with E-state index in [1.807, 2.05) is 12.1 Å². The Hall–Kier alpha value is -2.90. The van der Waals surface area contributed by atoms with E-state index in [1.54, 1.807) is 17.0 Å². The van der Waals surface area contributed by atoms with E-state index in [0.717, 1.165) is 63.4 Å². The number of benzene rings is 1. The van der Waals surface area contributed by atoms with Crippen LogP contribution >= 0.6 is 0 Å². The van der Waals surface area contributed by atoms with E-state index < -0.39 is 5.54 Å². The summed E-state index contributed by atoms with van der Waals surface area (Å²) >= 11 is 0. The van der Waals surface area contributed by atoms with Gasteiger partial charge in [0.1, 0.15) is 11.4 Å². The highest BCUT2D eigenvalue weighted by atomic mass is 16.5. The second-order valence-electron chi connectivity index (χ2n) is 9.82. The van der Waals surface area contributed by atoms with E-state index in [9.17, 15) is 14.4 Å². The molecule has 1 heterocycles. The predicted octanol–water partition coefficient (Wildman–Crippen LogP) is 3.65. The van der Waals surface area contributed by atoms with Gasteiger partial charge in [0, 0.05) is 25.1 Å². The Kier molecular flexibility index (Phi) is 9.69. The number of nitrogens with zero attached hydrogens (tertiary/aromatic N) is 1. The van der Waals surface area contributed by atoms with Crippen molar-refractivity contribution in [2.75, 3.05) is 13.2 Å². The van der Waals surface area contributed by atoms with Crippen LogP contribution in [0.25, 0.3) is 0 Å². The van der Waals surface area contributed by atoms with Crippen LogP contribution in [0.4, 0.5) is 0 Å². The van der Waals surface area contributed by atoms with Crippen LogP contribution < -0.4 is 11.1 Å². The zero-order valence-electron chi connectivity index (χ0n) is 20.9. The van der Waals surface area contributed by atoms with Crippen LogP contribution in [0.1, 0.15) is 88.7 Å². The predicted molar refractivity (Wildman–Crippen MR) is 135 cm³/mol. The first-order valence-corrected chi connectivity index (χ1v) is 13.1. The van der Waals surface area contributed by atoms with E-state index >= 15 is 0 Å². The number of carbonyl (C=O) groups is 3. The lowest BCUT2D eigenvalue weighted by Gasteiger charge is -2.44. The Labute approximate surface area is 208 Å². The van der Waals surface area contributed by atoms with Gasteiger partial charge in [-0.25, -0.2) is 0 Å². The Morgan fingerprint density at radius 3 is 2.49 bits per heavy atom. The monoisotopic (exact) mass is 484 g/mol. The van der Waals surface area contributed by atoms with Gasteiger partial charge in [-0.15, -0.1) is 0 Å². The summed E-state index contributed by atoms with van der Waals surface area (Å²) in [6, 6.07) is 7.22. The van der Waals surface area contributed by atoms with E-state index in [4.69, 9.17) is 15.9 Å². The average Bonchev–Trinajstić information content (AvgIpc) is 3.33. The number of amidine groups is 1. The number of carbonyl (C=O) groups excluding carboxylic acids is 3. The first-order chi connectivity index (χ1) is 16.9. The molecule has 4 N–H and O–H groups in total. The summed E-state index contributed by atoms with van der Waals surface area (Å²) in [7, 11) is 0. The van der Waals surface area contributed by atoms with Crippen LogP contribution in [0, 0.1) is 11.3 Å². The molecule has 2 aliphatic rings. The third-order valence-electron chi connectivity index (χ3n) is 7.46. The normalized spacial score (nSPS) is 20.4. The molecule has 1 saturated carbocycles. The van der Waals surface area contributed by atoms with E-state index in [2.05, 4.69) is 12.2 Å². The highest BCUT2D eigenvalue weighted by molar-refractivity contribution is 5.95. The molecule has 2 amide bonds. The van der Waals surface area contributed by atoms with Crippen molar-refractivity contribution in [3.63, 3.8) is 0 Å². The minimum absolute atomic E-state index is 0.00279. The molecule has 1 aromatic rings. The summed E-state index contributed by atoms with van der Waals surface area (Å²) in [6.45, 7) is 2.60. The molecule has 1 aliphatic carbocycles. The number of nitrogens with two attached hydrogens (primary N) is 1. The van der Waals surface area contributed by atoms with Gasteiger partial charge in [0.15, 0.2) is 6.61 Å². The van der Waals surface area contributed by atoms with Crippen molar-refractivity contribution in [2.24, 2.45) is 11.7 Å². The molecular weight excluding hydrogens is 444 g/mol. The number of likely N-dealkylation sites (tertiary alicyclic amines) is 1. The highest BCUT2D eigenvalue weighted by Gasteiger charge is 2.54. The maximum Gasteiger partial charge on any atom is 0.306 e. The van der Waals surface area contributed by atoms with Gasteiger partial charge in [-0.1, -0.05) is 63.3 Å². The Morgan fingerprint density at radius 1 is 1.11 bits per heavy atom. The topological polar surface area (TPSA) is 126 Å². The van der Waals surface area contributed by atoms with E-state index in [-0.39, 0.29) is 36.1 Å². The summed E-state index contributed by atoms with van der Waals surface area (Å²) in [5, 5.41) is 10.6. The van der Waals surface area contributed by atoms with Crippen molar-refractivity contribution in [1.29, 1.82) is 5.41 Å². The molecular formula is C27H40N4O4. The Balaban J connectivity index is 1.71. The molecule has 1 aliphatic heterocycles. The highest BCUT2D eigenvalue weighted by Crippen LogP contribution is 2.43. The van der Waals surface area contributed by atoms with Crippen LogP contribution in [-0.4, -0.2) is 47.2 Å². The van der Waals surface area contributed by atoms with Crippen LogP contribution in [-0.2, 0) is 25.7 Å². The van der Waals surface area contributed by atoms with Gasteiger partial charge in [0.05, 0.1) is 0 Å². The van der Waals surface area contributed by atoms with Crippen molar-refractivity contribution in [3.8, 4) is 0 Å². The number of ether oxygens (including phenoxy) is 1. The maximum absolute atomic E-state index is 13.8. The summed E-state index contributed by atoms with van der Waals surface area (Å²) in [5.41, 5.74) is 6.17. The summed E-state index contributed by atoms with van der Waals surface area (Å²) in [5.74, 6) is -0.656. The van der Waals surface area contributed by atoms with Gasteiger partial charge in [0.2, 0.25) is 5.91 Å². The molecule has 8 nitrogen and oxygen atoms in total. The minimum atomic E-state index is -0.897. The lowest BCUT2D eigenvalue weighted by molar-refractivity contribution is -0.158. The Morgan fingerprint density at radius 2 is 1.83 bits per heavy atom. The molecule has 35 heavy (non-hydrogen) atoms. The molecule has 192 valence electrons. The molecule has 0 spiro atoms. The van der Waals surface area contributed by atoms with Gasteiger partial charge in [0.25, 0.3) is 5.91 Å². The molecule has 2 fully saturated rings. The third kappa shape index (κ3) is 6.61. The van der Waals surface area contributed by atoms with E-state index in [1.165, 1.54) is 0 Å².